The highest BCUT2D eigenvalue weighted by Crippen LogP contribution is 2.25. The van der Waals surface area contributed by atoms with Gasteiger partial charge in [0.25, 0.3) is 0 Å². The van der Waals surface area contributed by atoms with Gasteiger partial charge >= 0.3 is 0 Å². The number of amides is 2. The summed E-state index contributed by atoms with van der Waals surface area (Å²) in [5.41, 5.74) is 5.99. The fourth-order valence-corrected chi connectivity index (χ4v) is 4.22. The summed E-state index contributed by atoms with van der Waals surface area (Å²) in [5, 5.41) is 0. The van der Waals surface area contributed by atoms with Gasteiger partial charge in [0.1, 0.15) is 5.88 Å². The summed E-state index contributed by atoms with van der Waals surface area (Å²) in [7, 11) is -3.12. The molecule has 0 aromatic heterocycles. The van der Waals surface area contributed by atoms with Crippen molar-refractivity contribution in [2.45, 2.75) is 12.5 Å². The fourth-order valence-electron chi connectivity index (χ4n) is 2.39. The molecule has 1 aliphatic rings. The lowest BCUT2D eigenvalue weighted by Crippen LogP contribution is -2.42. The SMILES string of the molecule is NC(=O)c1ccc(N(C(=O)CCl)[C@@H]2CCS(=O)(=O)C2)cc1. The molecule has 6 nitrogen and oxygen atoms in total. The number of halogens is 1. The summed E-state index contributed by atoms with van der Waals surface area (Å²) in [6.45, 7) is 0. The van der Waals surface area contributed by atoms with Gasteiger partial charge in [-0.2, -0.15) is 0 Å². The van der Waals surface area contributed by atoms with Crippen LogP contribution in [0.5, 0.6) is 0 Å². The standard InChI is InChI=1S/C13H15ClN2O4S/c14-7-12(17)16(11-5-6-21(19,20)8-11)10-3-1-9(2-4-10)13(15)18/h1-4,11H,5-8H2,(H2,15,18)/t11-/m1/s1. The molecule has 1 aliphatic heterocycles. The van der Waals surface area contributed by atoms with Gasteiger partial charge in [0.05, 0.1) is 17.5 Å². The molecule has 0 spiro atoms. The summed E-state index contributed by atoms with van der Waals surface area (Å²) < 4.78 is 23.2. The molecule has 0 radical (unpaired) electrons. The Morgan fingerprint density at radius 3 is 2.33 bits per heavy atom. The third-order valence-electron chi connectivity index (χ3n) is 3.39. The second kappa shape index (κ2) is 6.03. The molecule has 1 atom stereocenters. The van der Waals surface area contributed by atoms with E-state index in [1.165, 1.54) is 17.0 Å². The van der Waals surface area contributed by atoms with Crippen molar-refractivity contribution in [2.75, 3.05) is 22.3 Å². The Balaban J connectivity index is 2.32. The molecule has 1 heterocycles. The number of primary amides is 1. The van der Waals surface area contributed by atoms with E-state index in [9.17, 15) is 18.0 Å². The first-order chi connectivity index (χ1) is 9.84. The van der Waals surface area contributed by atoms with E-state index in [0.29, 0.717) is 17.7 Å². The van der Waals surface area contributed by atoms with Gasteiger partial charge in [-0.25, -0.2) is 8.42 Å². The van der Waals surface area contributed by atoms with Gasteiger partial charge < -0.3 is 10.6 Å². The minimum atomic E-state index is -3.12. The lowest BCUT2D eigenvalue weighted by molar-refractivity contribution is -0.116. The topological polar surface area (TPSA) is 97.5 Å². The van der Waals surface area contributed by atoms with E-state index in [0.717, 1.165) is 0 Å². The normalized spacial score (nSPS) is 20.1. The summed E-state index contributed by atoms with van der Waals surface area (Å²) in [4.78, 5) is 24.5. The van der Waals surface area contributed by atoms with E-state index < -0.39 is 21.8 Å². The van der Waals surface area contributed by atoms with E-state index in [1.807, 2.05) is 0 Å². The van der Waals surface area contributed by atoms with E-state index in [4.69, 9.17) is 17.3 Å². The average molecular weight is 331 g/mol. The molecule has 0 unspecified atom stereocenters. The first-order valence-corrected chi connectivity index (χ1v) is 8.68. The predicted octanol–water partition coefficient (Wildman–Crippen LogP) is 0.544. The maximum atomic E-state index is 12.0. The van der Waals surface area contributed by atoms with Crippen LogP contribution in [0.1, 0.15) is 16.8 Å². The Morgan fingerprint density at radius 2 is 1.90 bits per heavy atom. The maximum Gasteiger partial charge on any atom is 0.248 e. The van der Waals surface area contributed by atoms with Crippen LogP contribution in [0.3, 0.4) is 0 Å². The Morgan fingerprint density at radius 1 is 1.29 bits per heavy atom. The molecule has 2 amide bonds. The number of carbonyl (C=O) groups is 2. The Kier molecular flexibility index (Phi) is 4.53. The van der Waals surface area contributed by atoms with Crippen molar-refractivity contribution in [1.82, 2.24) is 0 Å². The van der Waals surface area contributed by atoms with Crippen LogP contribution in [-0.4, -0.2) is 43.7 Å². The molecule has 21 heavy (non-hydrogen) atoms. The monoisotopic (exact) mass is 330 g/mol. The Labute approximate surface area is 127 Å². The number of anilines is 1. The molecule has 0 aliphatic carbocycles. The van der Waals surface area contributed by atoms with Crippen LogP contribution in [0.4, 0.5) is 5.69 Å². The largest absolute Gasteiger partial charge is 0.366 e. The number of rotatable bonds is 4. The fraction of sp³-hybridized carbons (Fsp3) is 0.385. The van der Waals surface area contributed by atoms with Crippen LogP contribution in [0.15, 0.2) is 24.3 Å². The number of alkyl halides is 1. The molecule has 1 fully saturated rings. The van der Waals surface area contributed by atoms with E-state index in [2.05, 4.69) is 0 Å². The zero-order valence-corrected chi connectivity index (χ0v) is 12.7. The van der Waals surface area contributed by atoms with Crippen molar-refractivity contribution in [2.24, 2.45) is 5.73 Å². The van der Waals surface area contributed by atoms with Gasteiger partial charge in [0.15, 0.2) is 9.84 Å². The van der Waals surface area contributed by atoms with E-state index in [1.54, 1.807) is 12.1 Å². The highest BCUT2D eigenvalue weighted by atomic mass is 35.5. The first-order valence-electron chi connectivity index (χ1n) is 6.32. The molecule has 2 N–H and O–H groups in total. The van der Waals surface area contributed by atoms with Gasteiger partial charge in [-0.1, -0.05) is 0 Å². The first kappa shape index (κ1) is 15.8. The lowest BCUT2D eigenvalue weighted by atomic mass is 10.1. The van der Waals surface area contributed by atoms with Crippen molar-refractivity contribution in [1.29, 1.82) is 0 Å². The van der Waals surface area contributed by atoms with Gasteiger partial charge in [-0.3, -0.25) is 9.59 Å². The third kappa shape index (κ3) is 3.54. The second-order valence-electron chi connectivity index (χ2n) is 4.87. The molecule has 2 rings (SSSR count). The molecule has 0 saturated carbocycles. The molecule has 0 bridgehead atoms. The number of hydrogen-bond acceptors (Lipinski definition) is 4. The van der Waals surface area contributed by atoms with Gasteiger partial charge in [0.2, 0.25) is 11.8 Å². The molecule has 8 heteroatoms. The number of hydrogen-bond donors (Lipinski definition) is 1. The van der Waals surface area contributed by atoms with Crippen molar-refractivity contribution in [3.63, 3.8) is 0 Å². The van der Waals surface area contributed by atoms with Crippen LogP contribution < -0.4 is 10.6 Å². The summed E-state index contributed by atoms with van der Waals surface area (Å²) in [6.07, 6.45) is 0.378. The highest BCUT2D eigenvalue weighted by Gasteiger charge is 2.35. The van der Waals surface area contributed by atoms with Crippen molar-refractivity contribution in [3.05, 3.63) is 29.8 Å². The number of carbonyl (C=O) groups excluding carboxylic acids is 2. The minimum absolute atomic E-state index is 0.0586. The number of nitrogens with zero attached hydrogens (tertiary/aromatic N) is 1. The lowest BCUT2D eigenvalue weighted by Gasteiger charge is -2.27. The molecule has 114 valence electrons. The van der Waals surface area contributed by atoms with E-state index >= 15 is 0 Å². The molecule has 1 aromatic rings. The van der Waals surface area contributed by atoms with E-state index in [-0.39, 0.29) is 23.3 Å². The number of benzene rings is 1. The number of sulfone groups is 1. The van der Waals surface area contributed by atoms with Crippen molar-refractivity contribution < 1.29 is 18.0 Å². The average Bonchev–Trinajstić information content (AvgIpc) is 2.79. The minimum Gasteiger partial charge on any atom is -0.366 e. The van der Waals surface area contributed by atoms with Crippen molar-refractivity contribution >= 4 is 38.9 Å². The van der Waals surface area contributed by atoms with Gasteiger partial charge in [-0.15, -0.1) is 11.6 Å². The summed E-state index contributed by atoms with van der Waals surface area (Å²) in [5.74, 6) is -1.20. The maximum absolute atomic E-state index is 12.0. The van der Waals surface area contributed by atoms with Crippen LogP contribution in [-0.2, 0) is 14.6 Å². The number of nitrogens with two attached hydrogens (primary N) is 1. The Bertz CT molecular complexity index is 657. The quantitative estimate of drug-likeness (QED) is 0.815. The predicted molar refractivity (Wildman–Crippen MR) is 80.2 cm³/mol. The van der Waals surface area contributed by atoms with Crippen molar-refractivity contribution in [3.8, 4) is 0 Å². The third-order valence-corrected chi connectivity index (χ3v) is 5.37. The second-order valence-corrected chi connectivity index (χ2v) is 7.36. The Hall–Kier alpha value is -1.60. The summed E-state index contributed by atoms with van der Waals surface area (Å²) >= 11 is 5.61. The van der Waals surface area contributed by atoms with Crippen LogP contribution in [0.25, 0.3) is 0 Å². The van der Waals surface area contributed by atoms with Gasteiger partial charge in [-0.05, 0) is 30.7 Å². The van der Waals surface area contributed by atoms with Crippen LogP contribution in [0.2, 0.25) is 0 Å². The smallest absolute Gasteiger partial charge is 0.248 e. The van der Waals surface area contributed by atoms with Gasteiger partial charge in [0, 0.05) is 11.3 Å². The molecule has 1 saturated heterocycles. The highest BCUT2D eigenvalue weighted by molar-refractivity contribution is 7.91. The van der Waals surface area contributed by atoms with Crippen LogP contribution >= 0.6 is 11.6 Å². The molecular formula is C13H15ClN2O4S. The zero-order chi connectivity index (χ0) is 15.6. The van der Waals surface area contributed by atoms with Crippen LogP contribution in [0, 0.1) is 0 Å². The summed E-state index contributed by atoms with van der Waals surface area (Å²) in [6, 6.07) is 5.69. The molecular weight excluding hydrogens is 316 g/mol. The molecule has 1 aromatic carbocycles. The zero-order valence-electron chi connectivity index (χ0n) is 11.2.